The Balaban J connectivity index is 3.58. The van der Waals surface area contributed by atoms with Crippen LogP contribution in [-0.2, 0) is 9.53 Å². The van der Waals surface area contributed by atoms with Gasteiger partial charge in [0.1, 0.15) is 13.2 Å². The van der Waals surface area contributed by atoms with Crippen LogP contribution in [0.2, 0.25) is 0 Å². The second-order valence-corrected chi connectivity index (χ2v) is 3.09. The molecule has 0 aliphatic carbocycles. The molecule has 1 amide bonds. The van der Waals surface area contributed by atoms with Crippen molar-refractivity contribution in [1.29, 1.82) is 0 Å². The average Bonchev–Trinajstić information content (AvgIpc) is 2.01. The number of hydrogen-bond donors (Lipinski definition) is 2. The molecular weight excluding hydrogens is 215 g/mol. The summed E-state index contributed by atoms with van der Waals surface area (Å²) in [4.78, 5) is 10.9. The number of rotatable bonds is 6. The predicted octanol–water partition coefficient (Wildman–Crippen LogP) is 0.452. The SMILES string of the molecule is CC(CCO)NC(=O)COCC(F)(F)F. The van der Waals surface area contributed by atoms with Gasteiger partial charge < -0.3 is 15.2 Å². The van der Waals surface area contributed by atoms with Crippen molar-refractivity contribution >= 4 is 5.91 Å². The molecule has 2 N–H and O–H groups in total. The maximum absolute atomic E-state index is 11.6. The van der Waals surface area contributed by atoms with Gasteiger partial charge in [-0.1, -0.05) is 0 Å². The van der Waals surface area contributed by atoms with Crippen LogP contribution < -0.4 is 5.32 Å². The molecule has 15 heavy (non-hydrogen) atoms. The number of nitrogens with one attached hydrogen (secondary N) is 1. The van der Waals surface area contributed by atoms with E-state index in [1.165, 1.54) is 0 Å². The molecule has 1 atom stereocenters. The first kappa shape index (κ1) is 14.2. The van der Waals surface area contributed by atoms with Gasteiger partial charge in [-0.2, -0.15) is 13.2 Å². The first-order chi connectivity index (χ1) is 6.85. The summed E-state index contributed by atoms with van der Waals surface area (Å²) in [6.45, 7) is -0.521. The van der Waals surface area contributed by atoms with E-state index in [0.717, 1.165) is 0 Å². The van der Waals surface area contributed by atoms with Gasteiger partial charge in [0, 0.05) is 12.6 Å². The van der Waals surface area contributed by atoms with Crippen LogP contribution in [0.3, 0.4) is 0 Å². The van der Waals surface area contributed by atoms with Gasteiger partial charge in [0.05, 0.1) is 0 Å². The Morgan fingerprint density at radius 1 is 1.53 bits per heavy atom. The van der Waals surface area contributed by atoms with Crippen molar-refractivity contribution in [3.63, 3.8) is 0 Å². The first-order valence-corrected chi connectivity index (χ1v) is 4.40. The van der Waals surface area contributed by atoms with Gasteiger partial charge >= 0.3 is 6.18 Å². The van der Waals surface area contributed by atoms with E-state index in [2.05, 4.69) is 10.1 Å². The Kier molecular flexibility index (Phi) is 6.26. The number of halogens is 3. The molecule has 0 radical (unpaired) electrons. The molecule has 0 spiro atoms. The summed E-state index contributed by atoms with van der Waals surface area (Å²) in [5, 5.41) is 10.9. The van der Waals surface area contributed by atoms with Crippen molar-refractivity contribution in [1.82, 2.24) is 5.32 Å². The second-order valence-electron chi connectivity index (χ2n) is 3.09. The van der Waals surface area contributed by atoms with E-state index in [1.54, 1.807) is 6.92 Å². The first-order valence-electron chi connectivity index (χ1n) is 4.40. The molecule has 4 nitrogen and oxygen atoms in total. The zero-order chi connectivity index (χ0) is 11.9. The molecule has 0 saturated heterocycles. The zero-order valence-corrected chi connectivity index (χ0v) is 8.30. The third-order valence-corrected chi connectivity index (χ3v) is 1.47. The number of carbonyl (C=O) groups excluding carboxylic acids is 1. The van der Waals surface area contributed by atoms with Gasteiger partial charge in [0.2, 0.25) is 5.91 Å². The third kappa shape index (κ3) is 9.48. The van der Waals surface area contributed by atoms with E-state index in [-0.39, 0.29) is 12.6 Å². The van der Waals surface area contributed by atoms with E-state index >= 15 is 0 Å². The number of aliphatic hydroxyl groups is 1. The summed E-state index contributed by atoms with van der Waals surface area (Å²) in [6.07, 6.45) is -4.07. The minimum absolute atomic E-state index is 0.0924. The van der Waals surface area contributed by atoms with Crippen molar-refractivity contribution in [2.45, 2.75) is 25.6 Å². The van der Waals surface area contributed by atoms with Gasteiger partial charge in [-0.25, -0.2) is 0 Å². The molecule has 1 unspecified atom stereocenters. The van der Waals surface area contributed by atoms with Crippen LogP contribution in [0.25, 0.3) is 0 Å². The summed E-state index contributed by atoms with van der Waals surface area (Å²) in [6, 6.07) is -0.281. The third-order valence-electron chi connectivity index (χ3n) is 1.47. The second kappa shape index (κ2) is 6.62. The fourth-order valence-electron chi connectivity index (χ4n) is 0.842. The Morgan fingerprint density at radius 2 is 2.13 bits per heavy atom. The maximum atomic E-state index is 11.6. The highest BCUT2D eigenvalue weighted by molar-refractivity contribution is 5.77. The van der Waals surface area contributed by atoms with Gasteiger partial charge in [0.15, 0.2) is 0 Å². The molecule has 0 bridgehead atoms. The minimum atomic E-state index is -4.42. The number of ether oxygens (including phenoxy) is 1. The van der Waals surface area contributed by atoms with Crippen molar-refractivity contribution in [2.24, 2.45) is 0 Å². The molecular formula is C8H14F3NO3. The van der Waals surface area contributed by atoms with Crippen LogP contribution in [0.15, 0.2) is 0 Å². The van der Waals surface area contributed by atoms with E-state index in [0.29, 0.717) is 6.42 Å². The minimum Gasteiger partial charge on any atom is -0.396 e. The smallest absolute Gasteiger partial charge is 0.396 e. The topological polar surface area (TPSA) is 58.6 Å². The monoisotopic (exact) mass is 229 g/mol. The number of carbonyl (C=O) groups is 1. The summed E-state index contributed by atoms with van der Waals surface area (Å²) < 4.78 is 38.9. The van der Waals surface area contributed by atoms with Crippen molar-refractivity contribution in [2.75, 3.05) is 19.8 Å². The molecule has 0 heterocycles. The van der Waals surface area contributed by atoms with Crippen LogP contribution in [-0.4, -0.2) is 43.1 Å². The average molecular weight is 229 g/mol. The van der Waals surface area contributed by atoms with Crippen molar-refractivity contribution in [3.05, 3.63) is 0 Å². The lowest BCUT2D eigenvalue weighted by Crippen LogP contribution is -2.36. The molecule has 90 valence electrons. The fourth-order valence-corrected chi connectivity index (χ4v) is 0.842. The zero-order valence-electron chi connectivity index (χ0n) is 8.30. The molecule has 0 aromatic carbocycles. The lowest BCUT2D eigenvalue weighted by atomic mass is 10.2. The number of hydrogen-bond acceptors (Lipinski definition) is 3. The van der Waals surface area contributed by atoms with Crippen molar-refractivity contribution in [3.8, 4) is 0 Å². The Labute approximate surface area is 85.4 Å². The van der Waals surface area contributed by atoms with Gasteiger partial charge in [-0.05, 0) is 13.3 Å². The number of amides is 1. The van der Waals surface area contributed by atoms with Gasteiger partial charge in [0.25, 0.3) is 0 Å². The Hall–Kier alpha value is -0.820. The highest BCUT2D eigenvalue weighted by atomic mass is 19.4. The molecule has 0 aliphatic heterocycles. The summed E-state index contributed by atoms with van der Waals surface area (Å²) in [7, 11) is 0. The normalized spacial score (nSPS) is 13.7. The lowest BCUT2D eigenvalue weighted by Gasteiger charge is -2.12. The predicted molar refractivity (Wildman–Crippen MR) is 46.2 cm³/mol. The molecule has 0 aromatic heterocycles. The Morgan fingerprint density at radius 3 is 2.60 bits per heavy atom. The van der Waals surface area contributed by atoms with Gasteiger partial charge in [-0.3, -0.25) is 4.79 Å². The van der Waals surface area contributed by atoms with Crippen LogP contribution >= 0.6 is 0 Å². The van der Waals surface area contributed by atoms with Crippen LogP contribution in [0.5, 0.6) is 0 Å². The number of alkyl halides is 3. The summed E-state index contributed by atoms with van der Waals surface area (Å²) in [5.74, 6) is -0.625. The van der Waals surface area contributed by atoms with E-state index < -0.39 is 25.3 Å². The van der Waals surface area contributed by atoms with Crippen molar-refractivity contribution < 1.29 is 27.8 Å². The van der Waals surface area contributed by atoms with Crippen LogP contribution in [0, 0.1) is 0 Å². The number of aliphatic hydroxyl groups excluding tert-OH is 1. The molecule has 0 saturated carbocycles. The standard InChI is InChI=1S/C8H14F3NO3/c1-6(2-3-13)12-7(14)4-15-5-8(9,10)11/h6,13H,2-5H2,1H3,(H,12,14). The fraction of sp³-hybridized carbons (Fsp3) is 0.875. The lowest BCUT2D eigenvalue weighted by molar-refractivity contribution is -0.175. The maximum Gasteiger partial charge on any atom is 0.411 e. The van der Waals surface area contributed by atoms with Crippen LogP contribution in [0.1, 0.15) is 13.3 Å². The van der Waals surface area contributed by atoms with E-state index in [4.69, 9.17) is 5.11 Å². The van der Waals surface area contributed by atoms with E-state index in [1.807, 2.05) is 0 Å². The molecule has 0 fully saturated rings. The largest absolute Gasteiger partial charge is 0.411 e. The van der Waals surface area contributed by atoms with Crippen LogP contribution in [0.4, 0.5) is 13.2 Å². The van der Waals surface area contributed by atoms with Gasteiger partial charge in [-0.15, -0.1) is 0 Å². The molecule has 0 aliphatic rings. The van der Waals surface area contributed by atoms with E-state index in [9.17, 15) is 18.0 Å². The highest BCUT2D eigenvalue weighted by Crippen LogP contribution is 2.13. The summed E-state index contributed by atoms with van der Waals surface area (Å²) >= 11 is 0. The molecule has 0 rings (SSSR count). The molecule has 0 aromatic rings. The Bertz CT molecular complexity index is 196. The summed E-state index contributed by atoms with van der Waals surface area (Å²) in [5.41, 5.74) is 0. The quantitative estimate of drug-likeness (QED) is 0.695. The highest BCUT2D eigenvalue weighted by Gasteiger charge is 2.27. The molecule has 7 heteroatoms.